The Balaban J connectivity index is 2.71. The second kappa shape index (κ2) is 5.55. The summed E-state index contributed by atoms with van der Waals surface area (Å²) >= 11 is 4.17. The molecule has 6 heteroatoms. The molecule has 1 atom stereocenters. The van der Waals surface area contributed by atoms with Gasteiger partial charge in [-0.2, -0.15) is 0 Å². The van der Waals surface area contributed by atoms with Crippen LogP contribution in [0.3, 0.4) is 0 Å². The van der Waals surface area contributed by atoms with Crippen LogP contribution in [0, 0.1) is 0 Å². The molecular weight excluding hydrogens is 258 g/mol. The van der Waals surface area contributed by atoms with Crippen LogP contribution in [0.1, 0.15) is 17.3 Å². The molecule has 0 saturated heterocycles. The summed E-state index contributed by atoms with van der Waals surface area (Å²) in [4.78, 5) is 12.4. The quantitative estimate of drug-likeness (QED) is 0.809. The first-order valence-corrected chi connectivity index (χ1v) is 7.57. The molecule has 0 spiro atoms. The topological polar surface area (TPSA) is 63.2 Å². The fourth-order valence-electron chi connectivity index (χ4n) is 1.46. The highest BCUT2D eigenvalue weighted by Gasteiger charge is 2.15. The van der Waals surface area contributed by atoms with Gasteiger partial charge in [-0.15, -0.1) is 12.6 Å². The highest BCUT2D eigenvalue weighted by Crippen LogP contribution is 2.12. The smallest absolute Gasteiger partial charge is 0.252 e. The van der Waals surface area contributed by atoms with E-state index in [4.69, 9.17) is 0 Å². The summed E-state index contributed by atoms with van der Waals surface area (Å²) in [6, 6.07) is 6.43. The van der Waals surface area contributed by atoms with E-state index in [9.17, 15) is 13.2 Å². The molecule has 0 aliphatic carbocycles. The van der Waals surface area contributed by atoms with E-state index in [1.165, 1.54) is 0 Å². The summed E-state index contributed by atoms with van der Waals surface area (Å²) in [6.45, 7) is 1.65. The molecule has 1 unspecified atom stereocenters. The van der Waals surface area contributed by atoms with Crippen LogP contribution in [0.5, 0.6) is 0 Å². The Kier molecular flexibility index (Phi) is 4.59. The SMILES string of the molecule is CC(CS(C)(=O)=O)NC(=O)c1ccccc1S. The maximum atomic E-state index is 11.8. The number of nitrogens with one attached hydrogen (secondary N) is 1. The number of thiol groups is 1. The number of benzene rings is 1. The van der Waals surface area contributed by atoms with Crippen molar-refractivity contribution in [2.24, 2.45) is 0 Å². The lowest BCUT2D eigenvalue weighted by molar-refractivity contribution is 0.0941. The number of sulfone groups is 1. The van der Waals surface area contributed by atoms with Gasteiger partial charge in [0.05, 0.1) is 11.3 Å². The molecule has 0 aliphatic rings. The summed E-state index contributed by atoms with van der Waals surface area (Å²) in [7, 11) is -3.10. The zero-order valence-corrected chi connectivity index (χ0v) is 11.4. The van der Waals surface area contributed by atoms with Crippen LogP contribution in [0.25, 0.3) is 0 Å². The van der Waals surface area contributed by atoms with Gasteiger partial charge >= 0.3 is 0 Å². The van der Waals surface area contributed by atoms with E-state index < -0.39 is 15.9 Å². The third kappa shape index (κ3) is 4.79. The van der Waals surface area contributed by atoms with Crippen LogP contribution >= 0.6 is 12.6 Å². The lowest BCUT2D eigenvalue weighted by Gasteiger charge is -2.13. The van der Waals surface area contributed by atoms with Gasteiger partial charge in [0.15, 0.2) is 0 Å². The van der Waals surface area contributed by atoms with Gasteiger partial charge in [0.2, 0.25) is 0 Å². The van der Waals surface area contributed by atoms with Crippen molar-refractivity contribution in [1.82, 2.24) is 5.32 Å². The molecule has 0 radical (unpaired) electrons. The zero-order valence-electron chi connectivity index (χ0n) is 9.67. The number of hydrogen-bond acceptors (Lipinski definition) is 4. The fourth-order valence-corrected chi connectivity index (χ4v) is 2.72. The predicted molar refractivity (Wildman–Crippen MR) is 70.3 cm³/mol. The lowest BCUT2D eigenvalue weighted by Crippen LogP contribution is -2.37. The molecule has 94 valence electrons. The van der Waals surface area contributed by atoms with Gasteiger partial charge in [-0.05, 0) is 19.1 Å². The molecular formula is C11H15NO3S2. The average Bonchev–Trinajstić information content (AvgIpc) is 2.14. The number of amides is 1. The van der Waals surface area contributed by atoms with E-state index >= 15 is 0 Å². The lowest BCUT2D eigenvalue weighted by atomic mass is 10.2. The third-order valence-electron chi connectivity index (χ3n) is 2.08. The van der Waals surface area contributed by atoms with Gasteiger partial charge in [-0.25, -0.2) is 8.42 Å². The van der Waals surface area contributed by atoms with E-state index in [0.29, 0.717) is 10.5 Å². The second-order valence-electron chi connectivity index (χ2n) is 3.98. The zero-order chi connectivity index (χ0) is 13.1. The maximum Gasteiger partial charge on any atom is 0.252 e. The second-order valence-corrected chi connectivity index (χ2v) is 6.65. The molecule has 4 nitrogen and oxygen atoms in total. The van der Waals surface area contributed by atoms with Crippen LogP contribution in [0.15, 0.2) is 29.2 Å². The first kappa shape index (κ1) is 14.1. The van der Waals surface area contributed by atoms with E-state index in [0.717, 1.165) is 6.26 Å². The summed E-state index contributed by atoms with van der Waals surface area (Å²) in [6.07, 6.45) is 1.14. The van der Waals surface area contributed by atoms with Crippen LogP contribution in [-0.2, 0) is 9.84 Å². The summed E-state index contributed by atoms with van der Waals surface area (Å²) in [5, 5.41) is 2.63. The van der Waals surface area contributed by atoms with Crippen molar-refractivity contribution in [2.75, 3.05) is 12.0 Å². The van der Waals surface area contributed by atoms with Gasteiger partial charge in [-0.1, -0.05) is 12.1 Å². The van der Waals surface area contributed by atoms with Crippen LogP contribution in [-0.4, -0.2) is 32.4 Å². The van der Waals surface area contributed by atoms with Crippen LogP contribution in [0.4, 0.5) is 0 Å². The summed E-state index contributed by atoms with van der Waals surface area (Å²) in [5.74, 6) is -0.389. The van der Waals surface area contributed by atoms with Crippen molar-refractivity contribution in [2.45, 2.75) is 17.9 Å². The molecule has 0 bridgehead atoms. The van der Waals surface area contributed by atoms with E-state index in [1.54, 1.807) is 31.2 Å². The van der Waals surface area contributed by atoms with Gasteiger partial charge in [0, 0.05) is 17.2 Å². The van der Waals surface area contributed by atoms with E-state index in [2.05, 4.69) is 17.9 Å². The Hall–Kier alpha value is -1.01. The normalized spacial score (nSPS) is 13.1. The molecule has 1 aromatic carbocycles. The van der Waals surface area contributed by atoms with Crippen molar-refractivity contribution >= 4 is 28.4 Å². The predicted octanol–water partition coefficient (Wildman–Crippen LogP) is 1.14. The Bertz CT molecular complexity index is 511. The van der Waals surface area contributed by atoms with Crippen molar-refractivity contribution < 1.29 is 13.2 Å². The van der Waals surface area contributed by atoms with Crippen LogP contribution in [0.2, 0.25) is 0 Å². The Morgan fingerprint density at radius 3 is 2.53 bits per heavy atom. The number of rotatable bonds is 4. The van der Waals surface area contributed by atoms with Gasteiger partial charge in [0.1, 0.15) is 9.84 Å². The Morgan fingerprint density at radius 2 is 2.00 bits per heavy atom. The van der Waals surface area contributed by atoms with Gasteiger partial charge < -0.3 is 5.32 Å². The van der Waals surface area contributed by atoms with Crippen molar-refractivity contribution in [1.29, 1.82) is 0 Å². The highest BCUT2D eigenvalue weighted by atomic mass is 32.2. The van der Waals surface area contributed by atoms with Crippen molar-refractivity contribution in [3.8, 4) is 0 Å². The fraction of sp³-hybridized carbons (Fsp3) is 0.364. The molecule has 0 saturated carbocycles. The largest absolute Gasteiger partial charge is 0.349 e. The van der Waals surface area contributed by atoms with Crippen molar-refractivity contribution in [3.05, 3.63) is 29.8 Å². The maximum absolute atomic E-state index is 11.8. The minimum Gasteiger partial charge on any atom is -0.349 e. The van der Waals surface area contributed by atoms with E-state index in [-0.39, 0.29) is 11.7 Å². The molecule has 0 aromatic heterocycles. The molecule has 1 rings (SSSR count). The first-order valence-electron chi connectivity index (χ1n) is 5.06. The minimum atomic E-state index is -3.10. The average molecular weight is 273 g/mol. The Morgan fingerprint density at radius 1 is 1.41 bits per heavy atom. The number of carbonyl (C=O) groups is 1. The molecule has 17 heavy (non-hydrogen) atoms. The minimum absolute atomic E-state index is 0.0759. The van der Waals surface area contributed by atoms with Crippen LogP contribution < -0.4 is 5.32 Å². The molecule has 0 aliphatic heterocycles. The molecule has 0 fully saturated rings. The molecule has 1 amide bonds. The van der Waals surface area contributed by atoms with E-state index in [1.807, 2.05) is 0 Å². The standard InChI is InChI=1S/C11H15NO3S2/c1-8(7-17(2,14)15)12-11(13)9-5-3-4-6-10(9)16/h3-6,8,16H,7H2,1-2H3,(H,12,13). The number of carbonyl (C=O) groups excluding carboxylic acids is 1. The molecule has 1 aromatic rings. The van der Waals surface area contributed by atoms with Gasteiger partial charge in [0.25, 0.3) is 5.91 Å². The molecule has 1 N–H and O–H groups in total. The van der Waals surface area contributed by atoms with Crippen molar-refractivity contribution in [3.63, 3.8) is 0 Å². The Labute approximate surface area is 107 Å². The highest BCUT2D eigenvalue weighted by molar-refractivity contribution is 7.90. The molecule has 0 heterocycles. The number of hydrogen-bond donors (Lipinski definition) is 2. The summed E-state index contributed by atoms with van der Waals surface area (Å²) in [5.41, 5.74) is 0.441. The summed E-state index contributed by atoms with van der Waals surface area (Å²) < 4.78 is 22.1. The monoisotopic (exact) mass is 273 g/mol. The van der Waals surface area contributed by atoms with Gasteiger partial charge in [-0.3, -0.25) is 4.79 Å². The third-order valence-corrected chi connectivity index (χ3v) is 3.57. The first-order chi connectivity index (χ1) is 7.79.